The van der Waals surface area contributed by atoms with E-state index in [9.17, 15) is 9.59 Å². The molecule has 0 aliphatic carbocycles. The largest absolute Gasteiger partial charge is 0.376 e. The molecule has 0 spiro atoms. The lowest BCUT2D eigenvalue weighted by Gasteiger charge is -2.27. The molecular formula is C21H22N2O3. The summed E-state index contributed by atoms with van der Waals surface area (Å²) < 4.78 is 5.75. The molecule has 1 aromatic heterocycles. The zero-order valence-electron chi connectivity index (χ0n) is 14.8. The quantitative estimate of drug-likeness (QED) is 0.737. The average molecular weight is 350 g/mol. The monoisotopic (exact) mass is 350 g/mol. The molecule has 1 saturated heterocycles. The lowest BCUT2D eigenvalue weighted by atomic mass is 10.0. The van der Waals surface area contributed by atoms with Crippen LogP contribution in [-0.4, -0.2) is 42.1 Å². The van der Waals surface area contributed by atoms with Gasteiger partial charge >= 0.3 is 0 Å². The number of likely N-dealkylation sites (N-methyl/N-ethyl adjacent to an activating group) is 1. The predicted octanol–water partition coefficient (Wildman–Crippen LogP) is 3.32. The highest BCUT2D eigenvalue weighted by Gasteiger charge is 2.21. The number of hydrogen-bond donors (Lipinski definition) is 1. The fraction of sp³-hybridized carbons (Fsp3) is 0.333. The number of carbonyl (C=O) groups excluding carboxylic acids is 1. The van der Waals surface area contributed by atoms with Gasteiger partial charge in [-0.25, -0.2) is 0 Å². The second kappa shape index (κ2) is 6.92. The number of H-pyrrole nitrogens is 1. The summed E-state index contributed by atoms with van der Waals surface area (Å²) in [4.78, 5) is 30.8. The summed E-state index contributed by atoms with van der Waals surface area (Å²) in [5, 5.41) is 1.17. The van der Waals surface area contributed by atoms with E-state index < -0.39 is 0 Å². The Hall–Kier alpha value is -2.66. The topological polar surface area (TPSA) is 62.4 Å². The highest BCUT2D eigenvalue weighted by atomic mass is 16.5. The highest BCUT2D eigenvalue weighted by molar-refractivity contribution is 6.07. The summed E-state index contributed by atoms with van der Waals surface area (Å²) in [6.07, 6.45) is 3.30. The molecule has 26 heavy (non-hydrogen) atoms. The Bertz CT molecular complexity index is 1020. The summed E-state index contributed by atoms with van der Waals surface area (Å²) in [6, 6.07) is 12.7. The van der Waals surface area contributed by atoms with Crippen molar-refractivity contribution in [3.05, 3.63) is 58.3 Å². The molecular weight excluding hydrogens is 328 g/mol. The number of carbonyl (C=O) groups is 1. The minimum Gasteiger partial charge on any atom is -0.376 e. The summed E-state index contributed by atoms with van der Waals surface area (Å²) >= 11 is 0. The molecule has 2 aromatic carbocycles. The van der Waals surface area contributed by atoms with E-state index in [0.29, 0.717) is 28.4 Å². The number of aromatic nitrogens is 1. The van der Waals surface area contributed by atoms with E-state index >= 15 is 0 Å². The minimum atomic E-state index is -0.101. The number of amides is 1. The molecule has 1 amide bonds. The first-order valence-corrected chi connectivity index (χ1v) is 9.06. The zero-order valence-corrected chi connectivity index (χ0v) is 14.8. The van der Waals surface area contributed by atoms with Crippen LogP contribution in [0.25, 0.3) is 21.8 Å². The number of benzene rings is 2. The van der Waals surface area contributed by atoms with Crippen molar-refractivity contribution in [1.82, 2.24) is 9.88 Å². The van der Waals surface area contributed by atoms with E-state index in [0.717, 1.165) is 31.4 Å². The van der Waals surface area contributed by atoms with Gasteiger partial charge in [0, 0.05) is 36.5 Å². The van der Waals surface area contributed by atoms with Crippen LogP contribution in [0.2, 0.25) is 0 Å². The summed E-state index contributed by atoms with van der Waals surface area (Å²) in [6.45, 7) is 1.33. The molecule has 0 radical (unpaired) electrons. The van der Waals surface area contributed by atoms with Crippen molar-refractivity contribution in [2.75, 3.05) is 20.2 Å². The number of rotatable bonds is 3. The van der Waals surface area contributed by atoms with Crippen molar-refractivity contribution >= 4 is 27.7 Å². The van der Waals surface area contributed by atoms with Gasteiger partial charge in [-0.3, -0.25) is 9.59 Å². The third kappa shape index (κ3) is 2.99. The second-order valence-corrected chi connectivity index (χ2v) is 6.90. The Labute approximate surface area is 151 Å². The fourth-order valence-corrected chi connectivity index (χ4v) is 3.67. The van der Waals surface area contributed by atoms with Gasteiger partial charge in [-0.1, -0.05) is 18.2 Å². The van der Waals surface area contributed by atoms with Crippen molar-refractivity contribution in [2.45, 2.75) is 25.4 Å². The Morgan fingerprint density at radius 2 is 1.96 bits per heavy atom. The van der Waals surface area contributed by atoms with Crippen molar-refractivity contribution in [3.63, 3.8) is 0 Å². The number of pyridine rings is 1. The van der Waals surface area contributed by atoms with E-state index in [4.69, 9.17) is 4.74 Å². The number of aromatic amines is 1. The van der Waals surface area contributed by atoms with Crippen LogP contribution < -0.4 is 5.43 Å². The van der Waals surface area contributed by atoms with E-state index in [1.54, 1.807) is 36.2 Å². The van der Waals surface area contributed by atoms with Crippen LogP contribution in [0.5, 0.6) is 0 Å². The third-order valence-corrected chi connectivity index (χ3v) is 5.07. The molecule has 1 aliphatic heterocycles. The van der Waals surface area contributed by atoms with Gasteiger partial charge in [-0.15, -0.1) is 0 Å². The SMILES string of the molecule is CN(CC1CCCCO1)C(=O)c1cccc2c(=O)c3ccccc3[nH]c12. The van der Waals surface area contributed by atoms with Crippen molar-refractivity contribution in [3.8, 4) is 0 Å². The number of nitrogens with zero attached hydrogens (tertiary/aromatic N) is 1. The van der Waals surface area contributed by atoms with Crippen molar-refractivity contribution in [1.29, 1.82) is 0 Å². The maximum atomic E-state index is 13.0. The van der Waals surface area contributed by atoms with Gasteiger partial charge in [0.2, 0.25) is 0 Å². The van der Waals surface area contributed by atoms with Crippen LogP contribution in [-0.2, 0) is 4.74 Å². The van der Waals surface area contributed by atoms with E-state index in [1.807, 2.05) is 18.2 Å². The lowest BCUT2D eigenvalue weighted by molar-refractivity contribution is -0.000156. The van der Waals surface area contributed by atoms with Gasteiger partial charge in [0.25, 0.3) is 5.91 Å². The van der Waals surface area contributed by atoms with Crippen LogP contribution in [0.4, 0.5) is 0 Å². The summed E-state index contributed by atoms with van der Waals surface area (Å²) in [5.74, 6) is -0.101. The van der Waals surface area contributed by atoms with E-state index in [1.165, 1.54) is 0 Å². The number of fused-ring (bicyclic) bond motifs is 2. The second-order valence-electron chi connectivity index (χ2n) is 6.90. The van der Waals surface area contributed by atoms with Gasteiger partial charge in [0.05, 0.1) is 17.2 Å². The molecule has 1 fully saturated rings. The molecule has 3 aromatic rings. The maximum absolute atomic E-state index is 13.0. The van der Waals surface area contributed by atoms with Gasteiger partial charge < -0.3 is 14.6 Å². The van der Waals surface area contributed by atoms with Crippen LogP contribution >= 0.6 is 0 Å². The summed E-state index contributed by atoms with van der Waals surface area (Å²) in [5.41, 5.74) is 1.80. The van der Waals surface area contributed by atoms with Crippen LogP contribution in [0.1, 0.15) is 29.6 Å². The average Bonchev–Trinajstić information content (AvgIpc) is 2.68. The first-order valence-electron chi connectivity index (χ1n) is 9.06. The maximum Gasteiger partial charge on any atom is 0.255 e. The third-order valence-electron chi connectivity index (χ3n) is 5.07. The number of hydrogen-bond acceptors (Lipinski definition) is 3. The molecule has 5 nitrogen and oxygen atoms in total. The molecule has 2 heterocycles. The normalized spacial score (nSPS) is 17.5. The molecule has 5 heteroatoms. The Balaban J connectivity index is 1.73. The highest BCUT2D eigenvalue weighted by Crippen LogP contribution is 2.20. The minimum absolute atomic E-state index is 0.0535. The van der Waals surface area contributed by atoms with E-state index in [2.05, 4.69) is 4.98 Å². The van der Waals surface area contributed by atoms with Crippen LogP contribution in [0.3, 0.4) is 0 Å². The summed E-state index contributed by atoms with van der Waals surface area (Å²) in [7, 11) is 1.79. The van der Waals surface area contributed by atoms with Crippen molar-refractivity contribution < 1.29 is 9.53 Å². The van der Waals surface area contributed by atoms with E-state index in [-0.39, 0.29) is 17.4 Å². The Morgan fingerprint density at radius 3 is 2.77 bits per heavy atom. The number of nitrogens with one attached hydrogen (secondary N) is 1. The first-order chi connectivity index (χ1) is 12.6. The van der Waals surface area contributed by atoms with Gasteiger partial charge in [-0.05, 0) is 43.5 Å². The molecule has 0 bridgehead atoms. The lowest BCUT2D eigenvalue weighted by Crippen LogP contribution is -2.37. The van der Waals surface area contributed by atoms with Crippen LogP contribution in [0.15, 0.2) is 47.3 Å². The smallest absolute Gasteiger partial charge is 0.255 e. The van der Waals surface area contributed by atoms with Crippen LogP contribution in [0, 0.1) is 0 Å². The molecule has 1 atom stereocenters. The molecule has 134 valence electrons. The van der Waals surface area contributed by atoms with Gasteiger partial charge in [0.1, 0.15) is 0 Å². The molecule has 1 unspecified atom stereocenters. The number of ether oxygens (including phenoxy) is 1. The Kier molecular flexibility index (Phi) is 4.47. The Morgan fingerprint density at radius 1 is 1.15 bits per heavy atom. The fourth-order valence-electron chi connectivity index (χ4n) is 3.67. The molecule has 1 N–H and O–H groups in total. The zero-order chi connectivity index (χ0) is 18.1. The molecule has 4 rings (SSSR count). The van der Waals surface area contributed by atoms with Crippen molar-refractivity contribution in [2.24, 2.45) is 0 Å². The van der Waals surface area contributed by atoms with Gasteiger partial charge in [-0.2, -0.15) is 0 Å². The predicted molar refractivity (Wildman–Crippen MR) is 103 cm³/mol. The van der Waals surface area contributed by atoms with Gasteiger partial charge in [0.15, 0.2) is 5.43 Å². The first kappa shape index (κ1) is 16.8. The standard InChI is InChI=1S/C21H22N2O3/c1-23(13-14-7-4-5-12-26-14)21(25)17-10-6-9-16-19(17)22-18-11-3-2-8-15(18)20(16)24/h2-3,6,8-11,14H,4-5,7,12-13H2,1H3,(H,22,24). The molecule has 1 aliphatic rings. The number of para-hydroxylation sites is 2. The molecule has 0 saturated carbocycles.